The van der Waals surface area contributed by atoms with Crippen LogP contribution in [-0.4, -0.2) is 24.1 Å². The van der Waals surface area contributed by atoms with Crippen LogP contribution in [0.4, 0.5) is 5.69 Å². The smallest absolute Gasteiger partial charge is 0.335 e. The molecule has 2 N–H and O–H groups in total. The van der Waals surface area contributed by atoms with E-state index in [4.69, 9.17) is 14.6 Å². The van der Waals surface area contributed by atoms with Crippen LogP contribution in [0.15, 0.2) is 66.2 Å². The Kier molecular flexibility index (Phi) is 8.27. The molecule has 7 nitrogen and oxygen atoms in total. The highest BCUT2D eigenvalue weighted by Gasteiger charge is 2.15. The first-order valence-electron chi connectivity index (χ1n) is 10.1. The Morgan fingerprint density at radius 2 is 1.91 bits per heavy atom. The van der Waals surface area contributed by atoms with Crippen molar-refractivity contribution < 1.29 is 24.2 Å². The number of aromatic carboxylic acids is 1. The number of rotatable bonds is 8. The monoisotopic (exact) mass is 568 g/mol. The van der Waals surface area contributed by atoms with E-state index >= 15 is 0 Å². The van der Waals surface area contributed by atoms with Crippen LogP contribution in [0.5, 0.6) is 11.5 Å². The fourth-order valence-electron chi connectivity index (χ4n) is 3.13. The molecule has 0 spiro atoms. The van der Waals surface area contributed by atoms with Crippen molar-refractivity contribution >= 4 is 46.2 Å². The number of carboxylic acids is 1. The number of carboxylic acid groups (broad SMARTS) is 1. The first-order valence-corrected chi connectivity index (χ1v) is 11.2. The Labute approximate surface area is 210 Å². The van der Waals surface area contributed by atoms with Gasteiger partial charge in [-0.2, -0.15) is 5.26 Å². The van der Waals surface area contributed by atoms with Gasteiger partial charge in [0.15, 0.2) is 11.5 Å². The summed E-state index contributed by atoms with van der Waals surface area (Å²) in [7, 11) is 1.52. The van der Waals surface area contributed by atoms with E-state index in [1.54, 1.807) is 18.2 Å². The zero-order valence-electron chi connectivity index (χ0n) is 18.5. The molecule has 0 bridgehead atoms. The Morgan fingerprint density at radius 1 is 1.15 bits per heavy atom. The third-order valence-corrected chi connectivity index (χ3v) is 5.73. The van der Waals surface area contributed by atoms with E-state index < -0.39 is 11.9 Å². The van der Waals surface area contributed by atoms with Crippen LogP contribution in [0.25, 0.3) is 6.08 Å². The minimum absolute atomic E-state index is 0.0286. The molecule has 0 fully saturated rings. The minimum atomic E-state index is -1.11. The molecule has 0 radical (unpaired) electrons. The van der Waals surface area contributed by atoms with E-state index in [0.29, 0.717) is 23.7 Å². The summed E-state index contributed by atoms with van der Waals surface area (Å²) in [6, 6.07) is 19.1. The van der Waals surface area contributed by atoms with Crippen LogP contribution >= 0.6 is 22.6 Å². The second-order valence-corrected chi connectivity index (χ2v) is 8.42. The number of aryl methyl sites for hydroxylation is 1. The first kappa shape index (κ1) is 24.8. The highest BCUT2D eigenvalue weighted by molar-refractivity contribution is 14.1. The zero-order valence-corrected chi connectivity index (χ0v) is 20.6. The van der Waals surface area contributed by atoms with E-state index in [9.17, 15) is 14.9 Å². The van der Waals surface area contributed by atoms with Gasteiger partial charge in [0.05, 0.1) is 16.2 Å². The highest BCUT2D eigenvalue weighted by Crippen LogP contribution is 2.35. The first-order chi connectivity index (χ1) is 16.3. The van der Waals surface area contributed by atoms with Gasteiger partial charge in [0, 0.05) is 5.69 Å². The number of carbonyl (C=O) groups is 2. The summed E-state index contributed by atoms with van der Waals surface area (Å²) in [6.45, 7) is 2.39. The lowest BCUT2D eigenvalue weighted by Gasteiger charge is -2.15. The largest absolute Gasteiger partial charge is 0.493 e. The van der Waals surface area contributed by atoms with Gasteiger partial charge in [-0.3, -0.25) is 4.79 Å². The molecule has 0 unspecified atom stereocenters. The number of hydrogen-bond donors (Lipinski definition) is 2. The van der Waals surface area contributed by atoms with Crippen molar-refractivity contribution in [2.24, 2.45) is 0 Å². The van der Waals surface area contributed by atoms with Crippen molar-refractivity contribution in [3.63, 3.8) is 0 Å². The van der Waals surface area contributed by atoms with E-state index in [1.165, 1.54) is 31.4 Å². The molecule has 3 rings (SSSR count). The summed E-state index contributed by atoms with van der Waals surface area (Å²) in [4.78, 5) is 23.8. The molecule has 172 valence electrons. The molecule has 0 aromatic heterocycles. The minimum Gasteiger partial charge on any atom is -0.493 e. The molecule has 3 aromatic carbocycles. The number of amides is 1. The van der Waals surface area contributed by atoms with Gasteiger partial charge in [-0.1, -0.05) is 30.3 Å². The normalized spacial score (nSPS) is 10.8. The molecule has 3 aromatic rings. The second kappa shape index (κ2) is 11.3. The summed E-state index contributed by atoms with van der Waals surface area (Å²) in [6.07, 6.45) is 1.44. The predicted octanol–water partition coefficient (Wildman–Crippen LogP) is 5.43. The Morgan fingerprint density at radius 3 is 2.59 bits per heavy atom. The predicted molar refractivity (Wildman–Crippen MR) is 137 cm³/mol. The Balaban J connectivity index is 1.83. The number of anilines is 1. The Hall–Kier alpha value is -3.84. The van der Waals surface area contributed by atoms with Gasteiger partial charge in [-0.05, 0) is 82.6 Å². The van der Waals surface area contributed by atoms with Crippen molar-refractivity contribution in [2.75, 3.05) is 12.4 Å². The van der Waals surface area contributed by atoms with Gasteiger partial charge in [-0.25, -0.2) is 4.79 Å². The molecule has 0 aliphatic rings. The number of benzene rings is 3. The molecule has 34 heavy (non-hydrogen) atoms. The molecule has 0 heterocycles. The maximum Gasteiger partial charge on any atom is 0.335 e. The molecular formula is C26H21IN2O5. The molecule has 0 atom stereocenters. The van der Waals surface area contributed by atoms with Crippen molar-refractivity contribution in [1.82, 2.24) is 0 Å². The molecule has 0 aliphatic heterocycles. The Bertz CT molecular complexity index is 1310. The lowest BCUT2D eigenvalue weighted by atomic mass is 10.1. The highest BCUT2D eigenvalue weighted by atomic mass is 127. The van der Waals surface area contributed by atoms with Gasteiger partial charge in [0.1, 0.15) is 18.2 Å². The number of nitrogens with zero attached hydrogens (tertiary/aromatic N) is 1. The average molecular weight is 568 g/mol. The van der Waals surface area contributed by atoms with Gasteiger partial charge < -0.3 is 19.9 Å². The van der Waals surface area contributed by atoms with Crippen molar-refractivity contribution in [3.05, 3.63) is 92.1 Å². The number of methoxy groups -OCH3 is 1. The SMILES string of the molecule is COc1cc(/C=C(\C#N)C(=O)Nc2cccc(C(=O)O)c2)cc(I)c1OCc1ccccc1C. The third-order valence-electron chi connectivity index (χ3n) is 4.93. The van der Waals surface area contributed by atoms with Crippen molar-refractivity contribution in [3.8, 4) is 17.6 Å². The number of nitrogens with one attached hydrogen (secondary N) is 1. The van der Waals surface area contributed by atoms with Crippen LogP contribution in [0.2, 0.25) is 0 Å². The lowest BCUT2D eigenvalue weighted by Crippen LogP contribution is -2.14. The van der Waals surface area contributed by atoms with Gasteiger partial charge in [-0.15, -0.1) is 0 Å². The topological polar surface area (TPSA) is 109 Å². The zero-order chi connectivity index (χ0) is 24.7. The molecule has 0 aliphatic carbocycles. The summed E-state index contributed by atoms with van der Waals surface area (Å²) in [5.41, 5.74) is 2.91. The van der Waals surface area contributed by atoms with Crippen LogP contribution < -0.4 is 14.8 Å². The van der Waals surface area contributed by atoms with Gasteiger partial charge >= 0.3 is 5.97 Å². The quantitative estimate of drug-likeness (QED) is 0.213. The van der Waals surface area contributed by atoms with Crippen LogP contribution in [0.3, 0.4) is 0 Å². The fraction of sp³-hybridized carbons (Fsp3) is 0.115. The van der Waals surface area contributed by atoms with Crippen LogP contribution in [0, 0.1) is 21.8 Å². The number of carbonyl (C=O) groups excluding carboxylic acids is 1. The summed E-state index contributed by atoms with van der Waals surface area (Å²) < 4.78 is 12.3. The summed E-state index contributed by atoms with van der Waals surface area (Å²) >= 11 is 2.12. The second-order valence-electron chi connectivity index (χ2n) is 7.26. The van der Waals surface area contributed by atoms with E-state index in [1.807, 2.05) is 37.3 Å². The van der Waals surface area contributed by atoms with E-state index in [0.717, 1.165) is 14.7 Å². The third kappa shape index (κ3) is 6.14. The van der Waals surface area contributed by atoms with Crippen molar-refractivity contribution in [1.29, 1.82) is 5.26 Å². The maximum atomic E-state index is 12.6. The lowest BCUT2D eigenvalue weighted by molar-refractivity contribution is -0.112. The average Bonchev–Trinajstić information content (AvgIpc) is 2.82. The standard InChI is InChI=1S/C26H21IN2O5/c1-16-6-3-4-7-19(16)15-34-24-22(27)11-17(12-23(24)33-2)10-20(14-28)25(30)29-21-9-5-8-18(13-21)26(31)32/h3-13H,15H2,1-2H3,(H,29,30)(H,31,32)/b20-10+. The maximum absolute atomic E-state index is 12.6. The van der Waals surface area contributed by atoms with Gasteiger partial charge in [0.25, 0.3) is 5.91 Å². The summed E-state index contributed by atoms with van der Waals surface area (Å²) in [5.74, 6) is -0.729. The van der Waals surface area contributed by atoms with Crippen LogP contribution in [-0.2, 0) is 11.4 Å². The number of nitriles is 1. The summed E-state index contributed by atoms with van der Waals surface area (Å²) in [5, 5.41) is 21.2. The molecule has 0 saturated carbocycles. The van der Waals surface area contributed by atoms with E-state index in [2.05, 4.69) is 27.9 Å². The van der Waals surface area contributed by atoms with Crippen LogP contribution in [0.1, 0.15) is 27.0 Å². The van der Waals surface area contributed by atoms with E-state index in [-0.39, 0.29) is 16.8 Å². The molecular weight excluding hydrogens is 547 g/mol. The number of halogens is 1. The fourth-order valence-corrected chi connectivity index (χ4v) is 3.91. The molecule has 8 heteroatoms. The van der Waals surface area contributed by atoms with Gasteiger partial charge in [0.2, 0.25) is 0 Å². The molecule has 1 amide bonds. The number of hydrogen-bond acceptors (Lipinski definition) is 5. The number of ether oxygens (including phenoxy) is 2. The molecule has 0 saturated heterocycles. The van der Waals surface area contributed by atoms with Crippen molar-refractivity contribution in [2.45, 2.75) is 13.5 Å².